The summed E-state index contributed by atoms with van der Waals surface area (Å²) in [4.78, 5) is 1.78. The van der Waals surface area contributed by atoms with Gasteiger partial charge in [-0.15, -0.1) is 15.0 Å². The highest BCUT2D eigenvalue weighted by Gasteiger charge is 2.30. The Morgan fingerprint density at radius 1 is 0.786 bits per heavy atom. The van der Waals surface area contributed by atoms with Crippen LogP contribution in [0.4, 0.5) is 0 Å². The lowest BCUT2D eigenvalue weighted by atomic mass is 9.71. The molecule has 1 aromatic heterocycles. The number of rotatable bonds is 7. The SMILES string of the molecule is CC(C)c1ccc(-c2cc(C(C)(C)CC(C)(C)C)cc(-n3nc4ccc(S(=O)(=O)c5ccccc5)cc4n3)c2O)cc1. The van der Waals surface area contributed by atoms with Gasteiger partial charge in [0.1, 0.15) is 16.7 Å². The number of phenols is 1. The molecule has 0 fully saturated rings. The lowest BCUT2D eigenvalue weighted by molar-refractivity contribution is 0.284. The Labute approximate surface area is 249 Å². The second-order valence-electron chi connectivity index (χ2n) is 13.2. The summed E-state index contributed by atoms with van der Waals surface area (Å²) in [5.74, 6) is 0.469. The first kappa shape index (κ1) is 29.5. The van der Waals surface area contributed by atoms with Crippen molar-refractivity contribution in [2.75, 3.05) is 0 Å². The van der Waals surface area contributed by atoms with Crippen LogP contribution in [-0.4, -0.2) is 28.5 Å². The highest BCUT2D eigenvalue weighted by Crippen LogP contribution is 2.43. The number of hydrogen-bond donors (Lipinski definition) is 1. The summed E-state index contributed by atoms with van der Waals surface area (Å²) in [6.45, 7) is 15.4. The maximum Gasteiger partial charge on any atom is 0.206 e. The van der Waals surface area contributed by atoms with Gasteiger partial charge in [0.15, 0.2) is 5.75 Å². The zero-order valence-corrected chi connectivity index (χ0v) is 26.2. The minimum absolute atomic E-state index is 0.0695. The number of aromatic nitrogens is 3. The zero-order chi connectivity index (χ0) is 30.4. The number of fused-ring (bicyclic) bond motifs is 1. The molecule has 0 aliphatic heterocycles. The largest absolute Gasteiger partial charge is 0.505 e. The van der Waals surface area contributed by atoms with Crippen LogP contribution < -0.4 is 0 Å². The van der Waals surface area contributed by atoms with E-state index in [-0.39, 0.29) is 26.4 Å². The fraction of sp³-hybridized carbons (Fsp3) is 0.314. The summed E-state index contributed by atoms with van der Waals surface area (Å²) >= 11 is 0. The van der Waals surface area contributed by atoms with E-state index in [2.05, 4.69) is 76.9 Å². The lowest BCUT2D eigenvalue weighted by Crippen LogP contribution is -2.25. The Kier molecular flexibility index (Phi) is 7.52. The van der Waals surface area contributed by atoms with Crippen LogP contribution in [0.1, 0.15) is 71.9 Å². The average molecular weight is 582 g/mol. The molecular formula is C35H39N3O3S. The van der Waals surface area contributed by atoms with Crippen molar-refractivity contribution in [3.63, 3.8) is 0 Å². The minimum atomic E-state index is -3.72. The predicted octanol–water partition coefficient (Wildman–Crippen LogP) is 8.46. The van der Waals surface area contributed by atoms with Gasteiger partial charge in [-0.1, -0.05) is 90.9 Å². The van der Waals surface area contributed by atoms with Crippen molar-refractivity contribution >= 4 is 20.9 Å². The molecule has 0 aliphatic rings. The summed E-state index contributed by atoms with van der Waals surface area (Å²) in [7, 11) is -3.72. The quantitative estimate of drug-likeness (QED) is 0.208. The molecule has 6 nitrogen and oxygen atoms in total. The monoisotopic (exact) mass is 581 g/mol. The molecule has 0 atom stereocenters. The molecule has 7 heteroatoms. The molecule has 0 saturated heterocycles. The normalized spacial score (nSPS) is 12.8. The number of hydrogen-bond acceptors (Lipinski definition) is 5. The summed E-state index contributed by atoms with van der Waals surface area (Å²) in [6.07, 6.45) is 0.922. The van der Waals surface area contributed by atoms with Crippen LogP contribution in [0.25, 0.3) is 27.8 Å². The van der Waals surface area contributed by atoms with Gasteiger partial charge in [-0.2, -0.15) is 0 Å². The summed E-state index contributed by atoms with van der Waals surface area (Å²) in [6, 6.07) is 25.4. The van der Waals surface area contributed by atoms with Crippen molar-refractivity contribution < 1.29 is 13.5 Å². The minimum Gasteiger partial charge on any atom is -0.505 e. The van der Waals surface area contributed by atoms with E-state index in [1.165, 1.54) is 16.4 Å². The number of nitrogens with zero attached hydrogens (tertiary/aromatic N) is 3. The molecule has 42 heavy (non-hydrogen) atoms. The lowest BCUT2D eigenvalue weighted by Gasteiger charge is -2.33. The van der Waals surface area contributed by atoms with Gasteiger partial charge < -0.3 is 5.11 Å². The Hall–Kier alpha value is -3.97. The van der Waals surface area contributed by atoms with E-state index in [4.69, 9.17) is 0 Å². The van der Waals surface area contributed by atoms with Crippen LogP contribution in [0, 0.1) is 5.41 Å². The molecule has 1 N–H and O–H groups in total. The fourth-order valence-corrected chi connectivity index (χ4v) is 7.06. The summed E-state index contributed by atoms with van der Waals surface area (Å²) in [5, 5.41) is 21.0. The fourth-order valence-electron chi connectivity index (χ4n) is 5.76. The van der Waals surface area contributed by atoms with E-state index >= 15 is 0 Å². The number of sulfone groups is 1. The topological polar surface area (TPSA) is 85.1 Å². The Morgan fingerprint density at radius 2 is 1.43 bits per heavy atom. The van der Waals surface area contributed by atoms with Crippen LogP contribution in [0.2, 0.25) is 0 Å². The van der Waals surface area contributed by atoms with Crippen molar-refractivity contribution in [2.45, 2.75) is 76.0 Å². The van der Waals surface area contributed by atoms with Gasteiger partial charge in [-0.25, -0.2) is 8.42 Å². The molecule has 1 heterocycles. The molecule has 0 amide bonds. The molecular weight excluding hydrogens is 542 g/mol. The molecule has 0 unspecified atom stereocenters. The van der Waals surface area contributed by atoms with E-state index in [0.29, 0.717) is 28.2 Å². The Balaban J connectivity index is 1.66. The Morgan fingerprint density at radius 3 is 2.05 bits per heavy atom. The van der Waals surface area contributed by atoms with Crippen molar-refractivity contribution in [3.8, 4) is 22.6 Å². The van der Waals surface area contributed by atoms with Crippen molar-refractivity contribution in [1.29, 1.82) is 0 Å². The number of aromatic hydroxyl groups is 1. The van der Waals surface area contributed by atoms with E-state index in [1.807, 2.05) is 18.2 Å². The van der Waals surface area contributed by atoms with Gasteiger partial charge in [-0.05, 0) is 82.3 Å². The smallest absolute Gasteiger partial charge is 0.206 e. The Bertz CT molecular complexity index is 1850. The second-order valence-corrected chi connectivity index (χ2v) is 15.2. The van der Waals surface area contributed by atoms with Crippen LogP contribution in [0.15, 0.2) is 94.7 Å². The highest BCUT2D eigenvalue weighted by atomic mass is 32.2. The third kappa shape index (κ3) is 5.84. The molecule has 0 spiro atoms. The van der Waals surface area contributed by atoms with Gasteiger partial charge in [-0.3, -0.25) is 0 Å². The molecule has 0 saturated carbocycles. The standard InChI is InChI=1S/C35H39N3O3S/c1-23(2)24-13-15-25(16-14-24)29-19-26(35(6,7)22-34(3,4)5)20-32(33(29)39)38-36-30-18-17-28(21-31(30)37-38)42(40,41)27-11-9-8-10-12-27/h8-21,23,39H,22H2,1-7H3. The van der Waals surface area contributed by atoms with E-state index in [9.17, 15) is 13.5 Å². The van der Waals surface area contributed by atoms with E-state index in [1.54, 1.807) is 42.5 Å². The maximum atomic E-state index is 13.2. The number of phenolic OH excluding ortho intramolecular Hbond substituents is 1. The molecule has 218 valence electrons. The molecule has 5 rings (SSSR count). The highest BCUT2D eigenvalue weighted by molar-refractivity contribution is 7.91. The average Bonchev–Trinajstić information content (AvgIpc) is 3.35. The van der Waals surface area contributed by atoms with Crippen LogP contribution in [-0.2, 0) is 15.3 Å². The van der Waals surface area contributed by atoms with Crippen molar-refractivity contribution in [2.24, 2.45) is 5.41 Å². The first-order valence-corrected chi connectivity index (χ1v) is 15.8. The van der Waals surface area contributed by atoms with Crippen LogP contribution >= 0.6 is 0 Å². The van der Waals surface area contributed by atoms with Gasteiger partial charge in [0.05, 0.1) is 9.79 Å². The van der Waals surface area contributed by atoms with Gasteiger partial charge in [0.25, 0.3) is 0 Å². The van der Waals surface area contributed by atoms with Gasteiger partial charge >= 0.3 is 0 Å². The third-order valence-corrected chi connectivity index (χ3v) is 9.43. The molecule has 0 aliphatic carbocycles. The third-order valence-electron chi connectivity index (χ3n) is 7.66. The molecule has 5 aromatic rings. The predicted molar refractivity (Wildman–Crippen MR) is 169 cm³/mol. The van der Waals surface area contributed by atoms with Crippen molar-refractivity contribution in [1.82, 2.24) is 15.0 Å². The number of benzene rings is 4. The van der Waals surface area contributed by atoms with E-state index < -0.39 is 9.84 Å². The second kappa shape index (κ2) is 10.7. The molecule has 0 radical (unpaired) electrons. The zero-order valence-electron chi connectivity index (χ0n) is 25.4. The van der Waals surface area contributed by atoms with Gasteiger partial charge in [0.2, 0.25) is 9.84 Å². The summed E-state index contributed by atoms with van der Waals surface area (Å²) < 4.78 is 26.5. The maximum absolute atomic E-state index is 13.2. The van der Waals surface area contributed by atoms with Gasteiger partial charge in [0, 0.05) is 5.56 Å². The first-order valence-electron chi connectivity index (χ1n) is 14.3. The van der Waals surface area contributed by atoms with Crippen LogP contribution in [0.3, 0.4) is 0 Å². The molecule has 0 bridgehead atoms. The van der Waals surface area contributed by atoms with Crippen LogP contribution in [0.5, 0.6) is 5.75 Å². The molecule has 4 aromatic carbocycles. The summed E-state index contributed by atoms with van der Waals surface area (Å²) in [5.41, 5.74) is 5.16. The van der Waals surface area contributed by atoms with E-state index in [0.717, 1.165) is 17.5 Å². The first-order chi connectivity index (χ1) is 19.7. The van der Waals surface area contributed by atoms with Crippen molar-refractivity contribution in [3.05, 3.63) is 96.1 Å².